The fourth-order valence-corrected chi connectivity index (χ4v) is 4.28. The molecule has 3 atom stereocenters. The second-order valence-corrected chi connectivity index (χ2v) is 7.79. The molecule has 3 nitrogen and oxygen atoms in total. The third-order valence-electron chi connectivity index (χ3n) is 5.50. The lowest BCUT2D eigenvalue weighted by atomic mass is 9.74. The number of fused-ring (bicyclic) bond motifs is 1. The van der Waals surface area contributed by atoms with Crippen molar-refractivity contribution in [2.24, 2.45) is 11.1 Å². The normalized spacial score (nSPS) is 36.1. The van der Waals surface area contributed by atoms with E-state index in [0.29, 0.717) is 0 Å². The predicted octanol–water partition coefficient (Wildman–Crippen LogP) is 3.29. The summed E-state index contributed by atoms with van der Waals surface area (Å²) >= 11 is 0. The molecule has 0 bridgehead atoms. The molecule has 2 aliphatic rings. The van der Waals surface area contributed by atoms with Gasteiger partial charge in [0.1, 0.15) is 0 Å². The summed E-state index contributed by atoms with van der Waals surface area (Å²) in [5, 5.41) is 0. The first kappa shape index (κ1) is 14.2. The molecule has 1 aliphatic heterocycles. The number of nitrogens with zero attached hydrogens (tertiary/aromatic N) is 1. The zero-order valence-corrected chi connectivity index (χ0v) is 13.5. The molecule has 0 spiro atoms. The molecule has 0 amide bonds. The van der Waals surface area contributed by atoms with Gasteiger partial charge in [0.2, 0.25) is 0 Å². The van der Waals surface area contributed by atoms with Crippen molar-refractivity contribution in [2.75, 3.05) is 6.61 Å². The molecule has 1 aromatic heterocycles. The fraction of sp³-hybridized carbons (Fsp3) is 0.765. The first-order valence-corrected chi connectivity index (χ1v) is 7.83. The maximum Gasteiger partial charge on any atom is 0.0780 e. The summed E-state index contributed by atoms with van der Waals surface area (Å²) in [4.78, 5) is 0. The van der Waals surface area contributed by atoms with E-state index in [9.17, 15) is 0 Å². The molecule has 2 heterocycles. The Hall–Kier alpha value is -0.800. The Morgan fingerprint density at radius 1 is 1.35 bits per heavy atom. The number of hydrogen-bond donors (Lipinski definition) is 1. The average molecular weight is 276 g/mol. The SMILES string of the molecule is Cc1cc2c(n1C1(C)CCOC1C)CC(C)(C)CC2N. The molecule has 20 heavy (non-hydrogen) atoms. The van der Waals surface area contributed by atoms with E-state index in [1.165, 1.54) is 17.0 Å². The minimum Gasteiger partial charge on any atom is -0.376 e. The van der Waals surface area contributed by atoms with Gasteiger partial charge in [0.15, 0.2) is 0 Å². The highest BCUT2D eigenvalue weighted by molar-refractivity contribution is 5.35. The number of hydrogen-bond acceptors (Lipinski definition) is 2. The molecule has 1 fully saturated rings. The Morgan fingerprint density at radius 2 is 2.05 bits per heavy atom. The van der Waals surface area contributed by atoms with Crippen LogP contribution in [-0.4, -0.2) is 17.3 Å². The maximum absolute atomic E-state index is 6.44. The number of ether oxygens (including phenoxy) is 1. The van der Waals surface area contributed by atoms with Gasteiger partial charge in [-0.3, -0.25) is 0 Å². The molecule has 0 aromatic carbocycles. The Bertz CT molecular complexity index is 531. The number of rotatable bonds is 1. The summed E-state index contributed by atoms with van der Waals surface area (Å²) in [6.07, 6.45) is 3.54. The van der Waals surface area contributed by atoms with Crippen molar-refractivity contribution in [3.63, 3.8) is 0 Å². The Kier molecular flexibility index (Phi) is 3.07. The molecule has 0 radical (unpaired) electrons. The van der Waals surface area contributed by atoms with Gasteiger partial charge in [-0.15, -0.1) is 0 Å². The Labute approximate surface area is 122 Å². The van der Waals surface area contributed by atoms with Crippen LogP contribution in [0.1, 0.15) is 63.5 Å². The van der Waals surface area contributed by atoms with Crippen molar-refractivity contribution in [2.45, 2.75) is 71.6 Å². The maximum atomic E-state index is 6.44. The molecule has 1 aliphatic carbocycles. The van der Waals surface area contributed by atoms with Crippen LogP contribution in [0, 0.1) is 12.3 Å². The minimum absolute atomic E-state index is 0.0742. The van der Waals surface area contributed by atoms with Gasteiger partial charge < -0.3 is 15.0 Å². The zero-order valence-electron chi connectivity index (χ0n) is 13.5. The van der Waals surface area contributed by atoms with Crippen LogP contribution < -0.4 is 5.73 Å². The van der Waals surface area contributed by atoms with Crippen LogP contribution >= 0.6 is 0 Å². The van der Waals surface area contributed by atoms with E-state index in [0.717, 1.165) is 25.9 Å². The van der Waals surface area contributed by atoms with E-state index in [1.54, 1.807) is 0 Å². The monoisotopic (exact) mass is 276 g/mol. The van der Waals surface area contributed by atoms with Crippen molar-refractivity contribution in [1.29, 1.82) is 0 Å². The van der Waals surface area contributed by atoms with Crippen LogP contribution in [0.5, 0.6) is 0 Å². The zero-order chi connectivity index (χ0) is 14.7. The van der Waals surface area contributed by atoms with Gasteiger partial charge in [-0.1, -0.05) is 13.8 Å². The highest BCUT2D eigenvalue weighted by Gasteiger charge is 2.43. The van der Waals surface area contributed by atoms with Crippen LogP contribution in [0.15, 0.2) is 6.07 Å². The number of aromatic nitrogens is 1. The number of aryl methyl sites for hydroxylation is 1. The van der Waals surface area contributed by atoms with E-state index >= 15 is 0 Å². The highest BCUT2D eigenvalue weighted by Crippen LogP contribution is 2.45. The van der Waals surface area contributed by atoms with Crippen LogP contribution in [-0.2, 0) is 16.7 Å². The third kappa shape index (κ3) is 1.94. The number of nitrogens with two attached hydrogens (primary N) is 1. The van der Waals surface area contributed by atoms with Crippen molar-refractivity contribution < 1.29 is 4.74 Å². The van der Waals surface area contributed by atoms with Crippen LogP contribution in [0.2, 0.25) is 0 Å². The van der Waals surface area contributed by atoms with Crippen LogP contribution in [0.4, 0.5) is 0 Å². The van der Waals surface area contributed by atoms with Crippen LogP contribution in [0.25, 0.3) is 0 Å². The summed E-state index contributed by atoms with van der Waals surface area (Å²) < 4.78 is 8.41. The highest BCUT2D eigenvalue weighted by atomic mass is 16.5. The lowest BCUT2D eigenvalue weighted by Gasteiger charge is -2.39. The summed E-state index contributed by atoms with van der Waals surface area (Å²) in [6.45, 7) is 12.3. The first-order chi connectivity index (χ1) is 9.24. The second kappa shape index (κ2) is 4.35. The predicted molar refractivity (Wildman–Crippen MR) is 81.9 cm³/mol. The molecule has 0 saturated carbocycles. The molecule has 1 saturated heterocycles. The molecule has 2 N–H and O–H groups in total. The molecule has 3 rings (SSSR count). The summed E-state index contributed by atoms with van der Waals surface area (Å²) in [5.74, 6) is 0. The van der Waals surface area contributed by atoms with Crippen molar-refractivity contribution >= 4 is 0 Å². The van der Waals surface area contributed by atoms with Gasteiger partial charge in [-0.2, -0.15) is 0 Å². The van der Waals surface area contributed by atoms with Gasteiger partial charge in [0, 0.05) is 24.0 Å². The standard InChI is InChI=1S/C17H28N2O/c1-11-8-13-14(18)9-16(3,4)10-15(13)19(11)17(5)6-7-20-12(17)2/h8,12,14H,6-7,9-10,18H2,1-5H3. The summed E-state index contributed by atoms with van der Waals surface area (Å²) in [5.41, 5.74) is 10.9. The lowest BCUT2D eigenvalue weighted by molar-refractivity contribution is 0.0729. The topological polar surface area (TPSA) is 40.2 Å². The molecule has 1 aromatic rings. The van der Waals surface area contributed by atoms with E-state index in [4.69, 9.17) is 10.5 Å². The first-order valence-electron chi connectivity index (χ1n) is 7.83. The van der Waals surface area contributed by atoms with Crippen molar-refractivity contribution in [3.8, 4) is 0 Å². The third-order valence-corrected chi connectivity index (χ3v) is 5.50. The fourth-order valence-electron chi connectivity index (χ4n) is 4.28. The van der Waals surface area contributed by atoms with E-state index in [-0.39, 0.29) is 23.1 Å². The van der Waals surface area contributed by atoms with Gasteiger partial charge in [0.05, 0.1) is 11.6 Å². The quantitative estimate of drug-likeness (QED) is 0.855. The molecular formula is C17H28N2O. The van der Waals surface area contributed by atoms with Crippen molar-refractivity contribution in [1.82, 2.24) is 4.57 Å². The largest absolute Gasteiger partial charge is 0.376 e. The van der Waals surface area contributed by atoms with E-state index in [1.807, 2.05) is 0 Å². The van der Waals surface area contributed by atoms with Gasteiger partial charge in [0.25, 0.3) is 0 Å². The molecule has 3 heteroatoms. The molecule has 3 unspecified atom stereocenters. The summed E-state index contributed by atoms with van der Waals surface area (Å²) in [7, 11) is 0. The van der Waals surface area contributed by atoms with Gasteiger partial charge >= 0.3 is 0 Å². The van der Waals surface area contributed by atoms with Gasteiger partial charge in [-0.05, 0) is 57.1 Å². The minimum atomic E-state index is 0.0742. The Balaban J connectivity index is 2.14. The second-order valence-electron chi connectivity index (χ2n) is 7.79. The average Bonchev–Trinajstić information content (AvgIpc) is 2.80. The van der Waals surface area contributed by atoms with E-state index in [2.05, 4.69) is 45.3 Å². The Morgan fingerprint density at radius 3 is 2.65 bits per heavy atom. The lowest BCUT2D eigenvalue weighted by Crippen LogP contribution is -2.40. The molecule has 112 valence electrons. The van der Waals surface area contributed by atoms with Crippen LogP contribution in [0.3, 0.4) is 0 Å². The molecular weight excluding hydrogens is 248 g/mol. The van der Waals surface area contributed by atoms with Crippen molar-refractivity contribution in [3.05, 3.63) is 23.0 Å². The van der Waals surface area contributed by atoms with Gasteiger partial charge in [-0.25, -0.2) is 0 Å². The summed E-state index contributed by atoms with van der Waals surface area (Å²) in [6, 6.07) is 2.49. The smallest absolute Gasteiger partial charge is 0.0780 e. The van der Waals surface area contributed by atoms with E-state index < -0.39 is 0 Å².